The first-order valence-electron chi connectivity index (χ1n) is 8.47. The van der Waals surface area contributed by atoms with Gasteiger partial charge in [0.15, 0.2) is 0 Å². The lowest BCUT2D eigenvalue weighted by atomic mass is 10.1. The summed E-state index contributed by atoms with van der Waals surface area (Å²) in [5.41, 5.74) is 1.43. The summed E-state index contributed by atoms with van der Waals surface area (Å²) < 4.78 is 0. The van der Waals surface area contributed by atoms with Crippen LogP contribution in [0, 0.1) is 0 Å². The van der Waals surface area contributed by atoms with Gasteiger partial charge in [0, 0.05) is 32.2 Å². The first-order valence-corrected chi connectivity index (χ1v) is 8.47. The molecule has 122 valence electrons. The molecule has 0 radical (unpaired) electrons. The monoisotopic (exact) mass is 303 g/mol. The van der Waals surface area contributed by atoms with Gasteiger partial charge in [0.1, 0.15) is 0 Å². The number of urea groups is 1. The van der Waals surface area contributed by atoms with Crippen molar-refractivity contribution in [2.75, 3.05) is 32.7 Å². The Hall–Kier alpha value is -1.55. The van der Waals surface area contributed by atoms with Crippen LogP contribution < -0.4 is 5.32 Å². The Morgan fingerprint density at radius 2 is 1.77 bits per heavy atom. The van der Waals surface area contributed by atoms with E-state index in [1.54, 1.807) is 0 Å². The highest BCUT2D eigenvalue weighted by Crippen LogP contribution is 2.07. The highest BCUT2D eigenvalue weighted by molar-refractivity contribution is 5.74. The lowest BCUT2D eigenvalue weighted by molar-refractivity contribution is 0.137. The molecule has 1 aromatic carbocycles. The van der Waals surface area contributed by atoms with Gasteiger partial charge in [-0.25, -0.2) is 4.79 Å². The summed E-state index contributed by atoms with van der Waals surface area (Å²) >= 11 is 0. The summed E-state index contributed by atoms with van der Waals surface area (Å²) in [6, 6.07) is 11.0. The number of benzene rings is 1. The number of hydrogen-bond donors (Lipinski definition) is 1. The molecule has 0 unspecified atom stereocenters. The van der Waals surface area contributed by atoms with Gasteiger partial charge in [0.2, 0.25) is 0 Å². The molecule has 1 saturated heterocycles. The van der Waals surface area contributed by atoms with Crippen molar-refractivity contribution < 1.29 is 4.79 Å². The Balaban J connectivity index is 1.58. The SMILES string of the molecule is CC(C)NC(=O)N1CCN(CCCCc2ccccc2)CC1. The molecule has 4 nitrogen and oxygen atoms in total. The molecule has 1 fully saturated rings. The number of aryl methyl sites for hydroxylation is 1. The van der Waals surface area contributed by atoms with Crippen LogP contribution in [0.1, 0.15) is 32.3 Å². The second-order valence-corrected chi connectivity index (χ2v) is 6.38. The van der Waals surface area contributed by atoms with E-state index >= 15 is 0 Å². The molecule has 0 aromatic heterocycles. The van der Waals surface area contributed by atoms with Crippen molar-refractivity contribution in [3.05, 3.63) is 35.9 Å². The Morgan fingerprint density at radius 3 is 2.41 bits per heavy atom. The Morgan fingerprint density at radius 1 is 1.09 bits per heavy atom. The number of nitrogens with one attached hydrogen (secondary N) is 1. The predicted molar refractivity (Wildman–Crippen MR) is 91.1 cm³/mol. The zero-order valence-corrected chi connectivity index (χ0v) is 13.9. The number of nitrogens with zero attached hydrogens (tertiary/aromatic N) is 2. The Labute approximate surface area is 134 Å². The van der Waals surface area contributed by atoms with E-state index in [0.717, 1.165) is 39.1 Å². The minimum absolute atomic E-state index is 0.0822. The van der Waals surface area contributed by atoms with Crippen molar-refractivity contribution >= 4 is 6.03 Å². The van der Waals surface area contributed by atoms with Crippen LogP contribution >= 0.6 is 0 Å². The first kappa shape index (κ1) is 16.8. The van der Waals surface area contributed by atoms with Crippen molar-refractivity contribution in [1.29, 1.82) is 0 Å². The maximum Gasteiger partial charge on any atom is 0.317 e. The molecule has 4 heteroatoms. The summed E-state index contributed by atoms with van der Waals surface area (Å²) in [5.74, 6) is 0. The maximum absolute atomic E-state index is 11.9. The van der Waals surface area contributed by atoms with E-state index in [1.165, 1.54) is 18.4 Å². The molecule has 1 aliphatic rings. The summed E-state index contributed by atoms with van der Waals surface area (Å²) in [6.07, 6.45) is 3.63. The van der Waals surface area contributed by atoms with Crippen LogP contribution in [0.15, 0.2) is 30.3 Å². The van der Waals surface area contributed by atoms with E-state index in [-0.39, 0.29) is 12.1 Å². The topological polar surface area (TPSA) is 35.6 Å². The fourth-order valence-corrected chi connectivity index (χ4v) is 2.82. The van der Waals surface area contributed by atoms with Crippen molar-refractivity contribution in [2.24, 2.45) is 0 Å². The number of piperazine rings is 1. The van der Waals surface area contributed by atoms with Gasteiger partial charge >= 0.3 is 6.03 Å². The average molecular weight is 303 g/mol. The zero-order valence-electron chi connectivity index (χ0n) is 13.9. The second-order valence-electron chi connectivity index (χ2n) is 6.38. The summed E-state index contributed by atoms with van der Waals surface area (Å²) in [4.78, 5) is 16.3. The third-order valence-corrected chi connectivity index (χ3v) is 4.10. The normalized spacial score (nSPS) is 16.0. The lowest BCUT2D eigenvalue weighted by Crippen LogP contribution is -2.52. The molecule has 0 aliphatic carbocycles. The molecule has 0 saturated carbocycles. The molecule has 2 amide bonds. The second kappa shape index (κ2) is 8.79. The van der Waals surface area contributed by atoms with Gasteiger partial charge in [-0.05, 0) is 45.2 Å². The van der Waals surface area contributed by atoms with E-state index in [2.05, 4.69) is 40.5 Å². The Bertz CT molecular complexity index is 439. The molecular weight excluding hydrogens is 274 g/mol. The van der Waals surface area contributed by atoms with Crippen molar-refractivity contribution in [3.63, 3.8) is 0 Å². The number of hydrogen-bond acceptors (Lipinski definition) is 2. The average Bonchev–Trinajstić information content (AvgIpc) is 2.52. The van der Waals surface area contributed by atoms with Gasteiger partial charge in [-0.15, -0.1) is 0 Å². The third kappa shape index (κ3) is 5.68. The van der Waals surface area contributed by atoms with Crippen LogP contribution in [-0.2, 0) is 6.42 Å². The molecule has 1 N–H and O–H groups in total. The van der Waals surface area contributed by atoms with Crippen molar-refractivity contribution in [2.45, 2.75) is 39.2 Å². The van der Waals surface area contributed by atoms with E-state index in [9.17, 15) is 4.79 Å². The van der Waals surface area contributed by atoms with Crippen molar-refractivity contribution in [1.82, 2.24) is 15.1 Å². The van der Waals surface area contributed by atoms with Crippen LogP contribution in [0.3, 0.4) is 0 Å². The van der Waals surface area contributed by atoms with E-state index in [0.29, 0.717) is 0 Å². The standard InChI is InChI=1S/C18H29N3O/c1-16(2)19-18(22)21-14-12-20(13-15-21)11-7-6-10-17-8-4-3-5-9-17/h3-5,8-9,16H,6-7,10-15H2,1-2H3,(H,19,22). The fourth-order valence-electron chi connectivity index (χ4n) is 2.82. The molecule has 2 rings (SSSR count). The maximum atomic E-state index is 11.9. The van der Waals surface area contributed by atoms with Gasteiger partial charge in [-0.2, -0.15) is 0 Å². The predicted octanol–water partition coefficient (Wildman–Crippen LogP) is 2.74. The third-order valence-electron chi connectivity index (χ3n) is 4.10. The highest BCUT2D eigenvalue weighted by Gasteiger charge is 2.20. The molecular formula is C18H29N3O. The molecule has 0 atom stereocenters. The Kier molecular flexibility index (Phi) is 6.72. The molecule has 0 spiro atoms. The lowest BCUT2D eigenvalue weighted by Gasteiger charge is -2.35. The number of amides is 2. The van der Waals surface area contributed by atoms with Gasteiger partial charge in [0.25, 0.3) is 0 Å². The number of unbranched alkanes of at least 4 members (excludes halogenated alkanes) is 1. The number of carbonyl (C=O) groups is 1. The molecule has 1 heterocycles. The summed E-state index contributed by atoms with van der Waals surface area (Å²) in [7, 11) is 0. The first-order chi connectivity index (χ1) is 10.6. The zero-order chi connectivity index (χ0) is 15.8. The minimum atomic E-state index is 0.0822. The number of carbonyl (C=O) groups excluding carboxylic acids is 1. The molecule has 0 bridgehead atoms. The van der Waals surface area contributed by atoms with Gasteiger partial charge < -0.3 is 10.2 Å². The molecule has 1 aromatic rings. The quantitative estimate of drug-likeness (QED) is 0.820. The van der Waals surface area contributed by atoms with Gasteiger partial charge in [-0.3, -0.25) is 4.90 Å². The van der Waals surface area contributed by atoms with Crippen LogP contribution in [-0.4, -0.2) is 54.6 Å². The smallest absolute Gasteiger partial charge is 0.317 e. The molecule has 1 aliphatic heterocycles. The van der Waals surface area contributed by atoms with E-state index in [1.807, 2.05) is 18.7 Å². The van der Waals surface area contributed by atoms with Gasteiger partial charge in [0.05, 0.1) is 0 Å². The van der Waals surface area contributed by atoms with Crippen LogP contribution in [0.25, 0.3) is 0 Å². The summed E-state index contributed by atoms with van der Waals surface area (Å²) in [6.45, 7) is 8.83. The van der Waals surface area contributed by atoms with Crippen LogP contribution in [0.2, 0.25) is 0 Å². The largest absolute Gasteiger partial charge is 0.336 e. The van der Waals surface area contributed by atoms with E-state index < -0.39 is 0 Å². The minimum Gasteiger partial charge on any atom is -0.336 e. The van der Waals surface area contributed by atoms with Gasteiger partial charge in [-0.1, -0.05) is 30.3 Å². The highest BCUT2D eigenvalue weighted by atomic mass is 16.2. The van der Waals surface area contributed by atoms with Crippen LogP contribution in [0.4, 0.5) is 4.79 Å². The molecule has 22 heavy (non-hydrogen) atoms. The summed E-state index contributed by atoms with van der Waals surface area (Å²) in [5, 5.41) is 2.97. The van der Waals surface area contributed by atoms with E-state index in [4.69, 9.17) is 0 Å². The van der Waals surface area contributed by atoms with Crippen molar-refractivity contribution in [3.8, 4) is 0 Å². The fraction of sp³-hybridized carbons (Fsp3) is 0.611. The number of rotatable bonds is 6. The van der Waals surface area contributed by atoms with Crippen LogP contribution in [0.5, 0.6) is 0 Å².